The third-order valence-electron chi connectivity index (χ3n) is 5.69. The van der Waals surface area contributed by atoms with Crippen LogP contribution in [0, 0.1) is 6.92 Å². The van der Waals surface area contributed by atoms with Crippen LogP contribution in [0.25, 0.3) is 55.6 Å². The first-order chi connectivity index (χ1) is 15.7. The van der Waals surface area contributed by atoms with Gasteiger partial charge < -0.3 is 4.42 Å². The van der Waals surface area contributed by atoms with E-state index >= 15 is 0 Å². The van der Waals surface area contributed by atoms with Crippen molar-refractivity contribution in [2.24, 2.45) is 0 Å². The molecule has 3 aromatic heterocycles. The summed E-state index contributed by atoms with van der Waals surface area (Å²) in [7, 11) is 0. The number of benzene rings is 3. The fraction of sp³-hybridized carbons (Fsp3) is 0.0357. The summed E-state index contributed by atoms with van der Waals surface area (Å²) in [5.74, 6) is 0.735. The maximum atomic E-state index is 6.07. The van der Waals surface area contributed by atoms with Gasteiger partial charge in [-0.25, -0.2) is 9.97 Å². The van der Waals surface area contributed by atoms with Crippen LogP contribution in [0.4, 0.5) is 0 Å². The molecule has 0 atom stereocenters. The van der Waals surface area contributed by atoms with Crippen molar-refractivity contribution < 1.29 is 4.42 Å². The Bertz CT molecular complexity index is 1570. The number of pyridine rings is 1. The van der Waals surface area contributed by atoms with Gasteiger partial charge >= 0.3 is 0 Å². The topological polar surface area (TPSA) is 51.8 Å². The van der Waals surface area contributed by atoms with Crippen LogP contribution in [0.3, 0.4) is 0 Å². The number of nitrogens with zero attached hydrogens (tertiary/aromatic N) is 3. The first kappa shape index (κ1) is 18.5. The van der Waals surface area contributed by atoms with E-state index in [1.807, 2.05) is 43.5 Å². The Morgan fingerprint density at radius 1 is 0.594 bits per heavy atom. The van der Waals surface area contributed by atoms with Gasteiger partial charge in [0.05, 0.1) is 11.4 Å². The molecule has 152 valence electrons. The lowest BCUT2D eigenvalue weighted by molar-refractivity contribution is 0.669. The van der Waals surface area contributed by atoms with Crippen LogP contribution in [0.2, 0.25) is 0 Å². The lowest BCUT2D eigenvalue weighted by Crippen LogP contribution is -1.94. The minimum Gasteiger partial charge on any atom is -0.456 e. The minimum atomic E-state index is 0.735. The van der Waals surface area contributed by atoms with Crippen LogP contribution in [-0.4, -0.2) is 15.0 Å². The lowest BCUT2D eigenvalue weighted by Gasteiger charge is -2.08. The first-order valence-electron chi connectivity index (χ1n) is 10.5. The Balaban J connectivity index is 1.40. The summed E-state index contributed by atoms with van der Waals surface area (Å²) in [4.78, 5) is 13.6. The molecule has 0 aliphatic rings. The van der Waals surface area contributed by atoms with Crippen molar-refractivity contribution in [2.75, 3.05) is 0 Å². The number of furan rings is 1. The number of para-hydroxylation sites is 1. The Morgan fingerprint density at radius 2 is 1.31 bits per heavy atom. The zero-order valence-corrected chi connectivity index (χ0v) is 17.5. The SMILES string of the molecule is Cc1nc(-c2ccc(-c3cccnc3)cc2)cc(-c2ccc3c(c2)oc2ccccc23)n1. The molecule has 0 fully saturated rings. The molecule has 4 heteroatoms. The van der Waals surface area contributed by atoms with Crippen molar-refractivity contribution >= 4 is 21.9 Å². The molecule has 0 N–H and O–H groups in total. The lowest BCUT2D eigenvalue weighted by atomic mass is 10.0. The quantitative estimate of drug-likeness (QED) is 0.311. The van der Waals surface area contributed by atoms with Crippen molar-refractivity contribution in [3.63, 3.8) is 0 Å². The zero-order chi connectivity index (χ0) is 21.5. The predicted octanol–water partition coefficient (Wildman–Crippen LogP) is 7.08. The van der Waals surface area contributed by atoms with Gasteiger partial charge in [0.25, 0.3) is 0 Å². The second kappa shape index (κ2) is 7.43. The number of aryl methyl sites for hydroxylation is 1. The second-order valence-corrected chi connectivity index (χ2v) is 7.81. The summed E-state index contributed by atoms with van der Waals surface area (Å²) in [6.07, 6.45) is 3.65. The third kappa shape index (κ3) is 3.22. The van der Waals surface area contributed by atoms with E-state index in [4.69, 9.17) is 9.40 Å². The van der Waals surface area contributed by atoms with Gasteiger partial charge in [0.1, 0.15) is 17.0 Å². The van der Waals surface area contributed by atoms with Crippen LogP contribution in [0.5, 0.6) is 0 Å². The largest absolute Gasteiger partial charge is 0.456 e. The van der Waals surface area contributed by atoms with Gasteiger partial charge in [-0.15, -0.1) is 0 Å². The van der Waals surface area contributed by atoms with Crippen LogP contribution >= 0.6 is 0 Å². The third-order valence-corrected chi connectivity index (χ3v) is 5.69. The molecule has 4 nitrogen and oxygen atoms in total. The second-order valence-electron chi connectivity index (χ2n) is 7.81. The molecular weight excluding hydrogens is 394 g/mol. The highest BCUT2D eigenvalue weighted by molar-refractivity contribution is 6.05. The highest BCUT2D eigenvalue weighted by Gasteiger charge is 2.11. The van der Waals surface area contributed by atoms with E-state index in [1.165, 1.54) is 0 Å². The Kier molecular flexibility index (Phi) is 4.29. The molecule has 0 saturated carbocycles. The maximum absolute atomic E-state index is 6.07. The Labute approximate surface area is 185 Å². The van der Waals surface area contributed by atoms with Gasteiger partial charge in [0.2, 0.25) is 0 Å². The number of aromatic nitrogens is 3. The highest BCUT2D eigenvalue weighted by atomic mass is 16.3. The van der Waals surface area contributed by atoms with Crippen LogP contribution < -0.4 is 0 Å². The summed E-state index contributed by atoms with van der Waals surface area (Å²) in [6.45, 7) is 1.93. The zero-order valence-electron chi connectivity index (χ0n) is 17.5. The van der Waals surface area contributed by atoms with E-state index in [1.54, 1.807) is 6.20 Å². The van der Waals surface area contributed by atoms with Gasteiger partial charge in [-0.3, -0.25) is 4.98 Å². The summed E-state index contributed by atoms with van der Waals surface area (Å²) < 4.78 is 6.07. The summed E-state index contributed by atoms with van der Waals surface area (Å²) in [5, 5.41) is 2.24. The molecule has 0 spiro atoms. The van der Waals surface area contributed by atoms with Crippen molar-refractivity contribution in [3.05, 3.63) is 103 Å². The standard InChI is InChI=1S/C28H19N3O/c1-18-30-25(20-10-8-19(9-11-20)22-5-4-14-29-17-22)16-26(31-18)21-12-13-24-23-6-2-3-7-27(23)32-28(24)15-21/h2-17H,1H3. The molecule has 3 aromatic carbocycles. The van der Waals surface area contributed by atoms with E-state index in [2.05, 4.69) is 64.6 Å². The summed E-state index contributed by atoms with van der Waals surface area (Å²) >= 11 is 0. The van der Waals surface area contributed by atoms with Crippen LogP contribution in [-0.2, 0) is 0 Å². The van der Waals surface area contributed by atoms with E-state index in [0.717, 1.165) is 61.4 Å². The first-order valence-corrected chi connectivity index (χ1v) is 10.5. The summed E-state index contributed by atoms with van der Waals surface area (Å²) in [5.41, 5.74) is 7.82. The molecule has 0 radical (unpaired) electrons. The van der Waals surface area contributed by atoms with E-state index in [0.29, 0.717) is 0 Å². The van der Waals surface area contributed by atoms with Crippen LogP contribution in [0.1, 0.15) is 5.82 Å². The number of rotatable bonds is 3. The molecule has 0 aliphatic carbocycles. The fourth-order valence-corrected chi connectivity index (χ4v) is 4.12. The van der Waals surface area contributed by atoms with E-state index in [9.17, 15) is 0 Å². The van der Waals surface area contributed by atoms with E-state index < -0.39 is 0 Å². The predicted molar refractivity (Wildman–Crippen MR) is 128 cm³/mol. The molecule has 0 unspecified atom stereocenters. The highest BCUT2D eigenvalue weighted by Crippen LogP contribution is 2.32. The van der Waals surface area contributed by atoms with Crippen LogP contribution in [0.15, 0.2) is 102 Å². The molecule has 0 aliphatic heterocycles. The Hall–Kier alpha value is -4.31. The van der Waals surface area contributed by atoms with Gasteiger partial charge in [-0.2, -0.15) is 0 Å². The molecular formula is C28H19N3O. The average molecular weight is 413 g/mol. The number of hydrogen-bond donors (Lipinski definition) is 0. The summed E-state index contributed by atoms with van der Waals surface area (Å²) in [6, 6.07) is 28.8. The number of hydrogen-bond acceptors (Lipinski definition) is 4. The molecule has 32 heavy (non-hydrogen) atoms. The fourth-order valence-electron chi connectivity index (χ4n) is 4.12. The average Bonchev–Trinajstić information content (AvgIpc) is 3.22. The molecule has 0 amide bonds. The van der Waals surface area contributed by atoms with Gasteiger partial charge in [-0.05, 0) is 48.4 Å². The molecule has 0 saturated heterocycles. The normalized spacial score (nSPS) is 11.3. The minimum absolute atomic E-state index is 0.735. The van der Waals surface area contributed by atoms with Gasteiger partial charge in [0, 0.05) is 34.3 Å². The Morgan fingerprint density at radius 3 is 2.12 bits per heavy atom. The monoisotopic (exact) mass is 413 g/mol. The smallest absolute Gasteiger partial charge is 0.136 e. The number of fused-ring (bicyclic) bond motifs is 3. The molecule has 3 heterocycles. The maximum Gasteiger partial charge on any atom is 0.136 e. The molecule has 6 aromatic rings. The van der Waals surface area contributed by atoms with E-state index in [-0.39, 0.29) is 0 Å². The van der Waals surface area contributed by atoms with Gasteiger partial charge in [-0.1, -0.05) is 54.6 Å². The van der Waals surface area contributed by atoms with Crippen molar-refractivity contribution in [1.82, 2.24) is 15.0 Å². The van der Waals surface area contributed by atoms with Gasteiger partial charge in [0.15, 0.2) is 0 Å². The molecule has 0 bridgehead atoms. The van der Waals surface area contributed by atoms with Crippen molar-refractivity contribution in [3.8, 4) is 33.6 Å². The van der Waals surface area contributed by atoms with Crippen molar-refractivity contribution in [1.29, 1.82) is 0 Å². The molecule has 6 rings (SSSR count). The van der Waals surface area contributed by atoms with Crippen molar-refractivity contribution in [2.45, 2.75) is 6.92 Å².